The van der Waals surface area contributed by atoms with Gasteiger partial charge in [-0.05, 0) is 51.5 Å². The lowest BCUT2D eigenvalue weighted by Crippen LogP contribution is -2.59. The van der Waals surface area contributed by atoms with Crippen LogP contribution in [0.3, 0.4) is 0 Å². The third kappa shape index (κ3) is 12.5. The van der Waals surface area contributed by atoms with Gasteiger partial charge in [0.2, 0.25) is 17.7 Å². The number of nitrogens with two attached hydrogens (primary N) is 2. The van der Waals surface area contributed by atoms with Crippen molar-refractivity contribution in [1.82, 2.24) is 16.0 Å². The van der Waals surface area contributed by atoms with E-state index in [9.17, 15) is 34.2 Å². The number of aliphatic hydroxyl groups excluding tert-OH is 1. The van der Waals surface area contributed by atoms with Crippen molar-refractivity contribution in [3.63, 3.8) is 0 Å². The number of carboxylic acid groups (broad SMARTS) is 2. The molecule has 5 unspecified atom stereocenters. The minimum absolute atomic E-state index is 0.150. The van der Waals surface area contributed by atoms with E-state index in [-0.39, 0.29) is 18.8 Å². The lowest BCUT2D eigenvalue weighted by atomic mass is 10.0. The van der Waals surface area contributed by atoms with E-state index in [0.717, 1.165) is 0 Å². The summed E-state index contributed by atoms with van der Waals surface area (Å²) in [6.45, 7) is 5.38. The van der Waals surface area contributed by atoms with Crippen LogP contribution >= 0.6 is 0 Å². The Balaban J connectivity index is 5.42. The van der Waals surface area contributed by atoms with Crippen LogP contribution in [0.4, 0.5) is 0 Å². The highest BCUT2D eigenvalue weighted by Crippen LogP contribution is 2.07. The summed E-state index contributed by atoms with van der Waals surface area (Å²) in [7, 11) is 0. The van der Waals surface area contributed by atoms with E-state index < -0.39 is 66.4 Å². The summed E-state index contributed by atoms with van der Waals surface area (Å²) < 4.78 is 0. The van der Waals surface area contributed by atoms with Crippen molar-refractivity contribution in [2.45, 2.75) is 89.6 Å². The van der Waals surface area contributed by atoms with E-state index in [0.29, 0.717) is 25.8 Å². The molecule has 0 aromatic heterocycles. The molecule has 0 spiro atoms. The standard InChI is InChI=1S/C21H39N5O8/c1-11(2)10-13(23)18(30)24-14(6-4-5-9-22)19(31)26-17(12(3)27)20(32)25-15(21(33)34)7-8-16(28)29/h11-15,17,27H,4-10,22-23H2,1-3H3,(H,24,30)(H,25,32)(H,26,31)(H,28,29)(H,33,34). The van der Waals surface area contributed by atoms with E-state index in [1.54, 1.807) is 0 Å². The van der Waals surface area contributed by atoms with Crippen molar-refractivity contribution in [1.29, 1.82) is 0 Å². The number of aliphatic hydroxyl groups is 1. The van der Waals surface area contributed by atoms with Crippen LogP contribution in [0.1, 0.15) is 59.3 Å². The summed E-state index contributed by atoms with van der Waals surface area (Å²) in [6.07, 6.45) is -0.626. The average Bonchev–Trinajstić information content (AvgIpc) is 2.72. The molecule has 0 saturated heterocycles. The predicted octanol–water partition coefficient (Wildman–Crippen LogP) is -1.73. The summed E-state index contributed by atoms with van der Waals surface area (Å²) in [5.74, 6) is -4.87. The zero-order valence-electron chi connectivity index (χ0n) is 20.0. The average molecular weight is 490 g/mol. The highest BCUT2D eigenvalue weighted by molar-refractivity contribution is 5.94. The first-order valence-corrected chi connectivity index (χ1v) is 11.3. The SMILES string of the molecule is CC(C)CC(N)C(=O)NC(CCCCN)C(=O)NC(C(=O)NC(CCC(=O)O)C(=O)O)C(C)O. The van der Waals surface area contributed by atoms with E-state index in [1.807, 2.05) is 13.8 Å². The van der Waals surface area contributed by atoms with Gasteiger partial charge in [-0.3, -0.25) is 19.2 Å². The highest BCUT2D eigenvalue weighted by atomic mass is 16.4. The molecule has 0 aliphatic carbocycles. The fourth-order valence-corrected chi connectivity index (χ4v) is 3.10. The van der Waals surface area contributed by atoms with Gasteiger partial charge in [0.15, 0.2) is 0 Å². The Kier molecular flexibility index (Phi) is 14.7. The molecule has 3 amide bonds. The maximum absolute atomic E-state index is 12.9. The minimum atomic E-state index is -1.54. The van der Waals surface area contributed by atoms with Gasteiger partial charge in [-0.1, -0.05) is 13.8 Å². The fraction of sp³-hybridized carbons (Fsp3) is 0.762. The number of unbranched alkanes of at least 4 members (excludes halogenated alkanes) is 1. The Morgan fingerprint density at radius 3 is 1.88 bits per heavy atom. The molecule has 0 rings (SSSR count). The normalized spacial score (nSPS) is 15.5. The van der Waals surface area contributed by atoms with Crippen LogP contribution in [0.2, 0.25) is 0 Å². The maximum atomic E-state index is 12.9. The van der Waals surface area contributed by atoms with Crippen LogP contribution in [0.15, 0.2) is 0 Å². The Morgan fingerprint density at radius 2 is 1.41 bits per heavy atom. The molecule has 13 nitrogen and oxygen atoms in total. The van der Waals surface area contributed by atoms with Crippen LogP contribution in [0.5, 0.6) is 0 Å². The number of carbonyl (C=O) groups excluding carboxylic acids is 3. The van der Waals surface area contributed by atoms with E-state index in [4.69, 9.17) is 16.6 Å². The maximum Gasteiger partial charge on any atom is 0.326 e. The minimum Gasteiger partial charge on any atom is -0.481 e. The molecule has 0 fully saturated rings. The van der Waals surface area contributed by atoms with Gasteiger partial charge >= 0.3 is 11.9 Å². The molecule has 5 atom stereocenters. The summed E-state index contributed by atoms with van der Waals surface area (Å²) in [6, 6.07) is -4.98. The summed E-state index contributed by atoms with van der Waals surface area (Å²) in [5, 5.41) is 35.0. The molecule has 0 bridgehead atoms. The molecule has 0 aliphatic heterocycles. The monoisotopic (exact) mass is 489 g/mol. The first kappa shape index (κ1) is 31.2. The van der Waals surface area contributed by atoms with Crippen LogP contribution in [-0.4, -0.2) is 81.8 Å². The first-order chi connectivity index (χ1) is 15.8. The number of aliphatic carboxylic acids is 2. The summed E-state index contributed by atoms with van der Waals surface area (Å²) in [4.78, 5) is 60.0. The topological polar surface area (TPSA) is 234 Å². The Morgan fingerprint density at radius 1 is 0.824 bits per heavy atom. The lowest BCUT2D eigenvalue weighted by Gasteiger charge is -2.26. The number of carboxylic acids is 2. The third-order valence-corrected chi connectivity index (χ3v) is 4.97. The molecule has 0 aliphatic rings. The Hall–Kier alpha value is -2.77. The molecule has 0 saturated carbocycles. The number of hydrogen-bond donors (Lipinski definition) is 8. The lowest BCUT2D eigenvalue weighted by molar-refractivity contribution is -0.144. The summed E-state index contributed by atoms with van der Waals surface area (Å²) >= 11 is 0. The molecule has 196 valence electrons. The predicted molar refractivity (Wildman–Crippen MR) is 122 cm³/mol. The van der Waals surface area contributed by atoms with E-state index in [2.05, 4.69) is 16.0 Å². The second kappa shape index (κ2) is 16.0. The largest absolute Gasteiger partial charge is 0.481 e. The second-order valence-electron chi connectivity index (χ2n) is 8.64. The number of carbonyl (C=O) groups is 5. The Bertz CT molecular complexity index is 701. The fourth-order valence-electron chi connectivity index (χ4n) is 3.10. The van der Waals surface area contributed by atoms with E-state index in [1.165, 1.54) is 6.92 Å². The van der Waals surface area contributed by atoms with Crippen molar-refractivity contribution >= 4 is 29.7 Å². The number of amides is 3. The number of rotatable bonds is 17. The van der Waals surface area contributed by atoms with Gasteiger partial charge in [0.1, 0.15) is 18.1 Å². The molecule has 13 heteroatoms. The molecule has 0 aromatic carbocycles. The van der Waals surface area contributed by atoms with Crippen molar-refractivity contribution < 1.29 is 39.3 Å². The highest BCUT2D eigenvalue weighted by Gasteiger charge is 2.32. The molecule has 0 heterocycles. The summed E-state index contributed by atoms with van der Waals surface area (Å²) in [5.41, 5.74) is 11.4. The van der Waals surface area contributed by atoms with Crippen molar-refractivity contribution in [2.24, 2.45) is 17.4 Å². The molecular weight excluding hydrogens is 450 g/mol. The van der Waals surface area contributed by atoms with Crippen LogP contribution in [0, 0.1) is 5.92 Å². The van der Waals surface area contributed by atoms with Crippen molar-refractivity contribution in [2.75, 3.05) is 6.54 Å². The molecule has 10 N–H and O–H groups in total. The molecule has 34 heavy (non-hydrogen) atoms. The van der Waals surface area contributed by atoms with Gasteiger partial charge < -0.3 is 42.7 Å². The van der Waals surface area contributed by atoms with E-state index >= 15 is 0 Å². The smallest absolute Gasteiger partial charge is 0.326 e. The Labute approximate surface area is 199 Å². The number of nitrogens with one attached hydrogen (secondary N) is 3. The molecular formula is C21H39N5O8. The van der Waals surface area contributed by atoms with Gasteiger partial charge in [-0.15, -0.1) is 0 Å². The van der Waals surface area contributed by atoms with Gasteiger partial charge in [-0.2, -0.15) is 0 Å². The van der Waals surface area contributed by atoms with Crippen LogP contribution in [0.25, 0.3) is 0 Å². The van der Waals surface area contributed by atoms with Crippen molar-refractivity contribution in [3.8, 4) is 0 Å². The van der Waals surface area contributed by atoms with Crippen molar-refractivity contribution in [3.05, 3.63) is 0 Å². The molecule has 0 radical (unpaired) electrons. The third-order valence-electron chi connectivity index (χ3n) is 4.97. The van der Waals surface area contributed by atoms with Gasteiger partial charge in [0.05, 0.1) is 12.1 Å². The van der Waals surface area contributed by atoms with Gasteiger partial charge in [0.25, 0.3) is 0 Å². The zero-order valence-corrected chi connectivity index (χ0v) is 20.0. The molecule has 0 aromatic rings. The second-order valence-corrected chi connectivity index (χ2v) is 8.64. The van der Waals surface area contributed by atoms with Crippen LogP contribution < -0.4 is 27.4 Å². The van der Waals surface area contributed by atoms with Gasteiger partial charge in [-0.25, -0.2) is 4.79 Å². The van der Waals surface area contributed by atoms with Gasteiger partial charge in [0, 0.05) is 6.42 Å². The first-order valence-electron chi connectivity index (χ1n) is 11.3. The zero-order chi connectivity index (χ0) is 26.4. The quantitative estimate of drug-likeness (QED) is 0.107. The van der Waals surface area contributed by atoms with Crippen LogP contribution in [-0.2, 0) is 24.0 Å². The number of hydrogen-bond acceptors (Lipinski definition) is 8.